The topological polar surface area (TPSA) is 49.5 Å². The van der Waals surface area contributed by atoms with Gasteiger partial charge >= 0.3 is 12.4 Å². The molecule has 0 aromatic heterocycles. The number of nitrogens with two attached hydrogens (primary N) is 1. The minimum Gasteiger partial charge on any atom is -0.395 e. The van der Waals surface area contributed by atoms with Gasteiger partial charge in [-0.3, -0.25) is 4.90 Å². The summed E-state index contributed by atoms with van der Waals surface area (Å²) in [4.78, 5) is 0.491. The van der Waals surface area contributed by atoms with Crippen molar-refractivity contribution >= 4 is 0 Å². The molecule has 1 unspecified atom stereocenters. The first-order valence-electron chi connectivity index (χ1n) is 4.77. The lowest BCUT2D eigenvalue weighted by Gasteiger charge is -2.28. The third-order valence-corrected chi connectivity index (χ3v) is 2.05. The molecule has 0 fully saturated rings. The fourth-order valence-electron chi connectivity index (χ4n) is 1.25. The molecule has 9 heteroatoms. The molecule has 0 saturated carbocycles. The van der Waals surface area contributed by atoms with Crippen LogP contribution in [0.4, 0.5) is 26.3 Å². The number of halogens is 6. The Morgan fingerprint density at radius 3 is 1.94 bits per heavy atom. The first-order valence-corrected chi connectivity index (χ1v) is 4.77. The molecular formula is C8H14F6N2O. The van der Waals surface area contributed by atoms with Crippen LogP contribution >= 0.6 is 0 Å². The van der Waals surface area contributed by atoms with E-state index in [0.717, 1.165) is 0 Å². The molecule has 0 aliphatic rings. The number of rotatable bonds is 6. The van der Waals surface area contributed by atoms with Gasteiger partial charge in [-0.15, -0.1) is 0 Å². The summed E-state index contributed by atoms with van der Waals surface area (Å²) < 4.78 is 73.0. The molecule has 0 spiro atoms. The summed E-state index contributed by atoms with van der Waals surface area (Å²) in [7, 11) is 0. The number of hydrogen-bond acceptors (Lipinski definition) is 3. The van der Waals surface area contributed by atoms with Gasteiger partial charge in [-0.1, -0.05) is 0 Å². The van der Waals surface area contributed by atoms with E-state index in [1.165, 1.54) is 0 Å². The van der Waals surface area contributed by atoms with Crippen LogP contribution in [0.1, 0.15) is 0 Å². The van der Waals surface area contributed by atoms with Crippen molar-refractivity contribution in [3.8, 4) is 0 Å². The molecule has 0 aliphatic heterocycles. The Labute approximate surface area is 94.2 Å². The van der Waals surface area contributed by atoms with Gasteiger partial charge in [0.15, 0.2) is 0 Å². The van der Waals surface area contributed by atoms with Crippen molar-refractivity contribution in [3.63, 3.8) is 0 Å². The smallest absolute Gasteiger partial charge is 0.395 e. The van der Waals surface area contributed by atoms with Crippen LogP contribution in [0.3, 0.4) is 0 Å². The summed E-state index contributed by atoms with van der Waals surface area (Å²) in [5.74, 6) is -2.03. The van der Waals surface area contributed by atoms with Crippen molar-refractivity contribution in [2.24, 2.45) is 11.7 Å². The van der Waals surface area contributed by atoms with E-state index in [-0.39, 0.29) is 0 Å². The molecule has 0 aliphatic carbocycles. The van der Waals surface area contributed by atoms with Gasteiger partial charge in [0.25, 0.3) is 0 Å². The predicted octanol–water partition coefficient (Wildman–Crippen LogP) is 0.980. The molecule has 0 saturated heterocycles. The maximum absolute atomic E-state index is 12.3. The van der Waals surface area contributed by atoms with E-state index >= 15 is 0 Å². The van der Waals surface area contributed by atoms with E-state index in [1.54, 1.807) is 0 Å². The zero-order valence-corrected chi connectivity index (χ0v) is 8.85. The first kappa shape index (κ1) is 16.5. The van der Waals surface area contributed by atoms with Crippen molar-refractivity contribution in [2.75, 3.05) is 32.8 Å². The number of aliphatic hydroxyl groups excluding tert-OH is 1. The normalized spacial score (nSPS) is 15.4. The van der Waals surface area contributed by atoms with Gasteiger partial charge in [0.05, 0.1) is 19.1 Å². The molecule has 0 amide bonds. The Morgan fingerprint density at radius 1 is 1.12 bits per heavy atom. The average molecular weight is 268 g/mol. The molecule has 3 N–H and O–H groups in total. The van der Waals surface area contributed by atoms with Crippen molar-refractivity contribution < 1.29 is 31.4 Å². The zero-order valence-electron chi connectivity index (χ0n) is 8.85. The van der Waals surface area contributed by atoms with E-state index < -0.39 is 51.1 Å². The van der Waals surface area contributed by atoms with Crippen molar-refractivity contribution in [2.45, 2.75) is 12.4 Å². The Kier molecular flexibility index (Phi) is 6.20. The number of hydrogen-bond donors (Lipinski definition) is 2. The second-order valence-electron chi connectivity index (χ2n) is 3.55. The van der Waals surface area contributed by atoms with Crippen LogP contribution in [0.15, 0.2) is 0 Å². The van der Waals surface area contributed by atoms with Gasteiger partial charge in [0, 0.05) is 19.6 Å². The largest absolute Gasteiger partial charge is 0.401 e. The van der Waals surface area contributed by atoms with Gasteiger partial charge in [-0.25, -0.2) is 0 Å². The molecule has 104 valence electrons. The minimum absolute atomic E-state index is 0.480. The number of nitrogens with zero attached hydrogens (tertiary/aromatic N) is 1. The summed E-state index contributed by atoms with van der Waals surface area (Å²) in [5, 5.41) is 8.50. The highest BCUT2D eigenvalue weighted by Gasteiger charge is 2.41. The Bertz CT molecular complexity index is 217. The molecule has 0 heterocycles. The minimum atomic E-state index is -4.64. The Balaban J connectivity index is 4.51. The average Bonchev–Trinajstić information content (AvgIpc) is 2.09. The highest BCUT2D eigenvalue weighted by Crippen LogP contribution is 2.27. The number of alkyl halides is 6. The van der Waals surface area contributed by atoms with E-state index in [4.69, 9.17) is 10.8 Å². The van der Waals surface area contributed by atoms with Crippen LogP contribution in [-0.2, 0) is 0 Å². The second kappa shape index (κ2) is 6.41. The standard InChI is InChI=1S/C8H14F6N2O/c9-7(10,11)5-16(1-2-17)4-6(3-15)8(12,13)14/h6,17H,1-5,15H2. The molecule has 0 bridgehead atoms. The Morgan fingerprint density at radius 2 is 1.65 bits per heavy atom. The van der Waals surface area contributed by atoms with Crippen LogP contribution in [-0.4, -0.2) is 55.1 Å². The maximum Gasteiger partial charge on any atom is 0.401 e. The van der Waals surface area contributed by atoms with Gasteiger partial charge in [-0.05, 0) is 0 Å². The molecule has 0 aromatic carbocycles. The van der Waals surface area contributed by atoms with Crippen LogP contribution < -0.4 is 5.73 Å². The highest BCUT2D eigenvalue weighted by atomic mass is 19.4. The third-order valence-electron chi connectivity index (χ3n) is 2.05. The third kappa shape index (κ3) is 7.40. The van der Waals surface area contributed by atoms with Crippen LogP contribution in [0.2, 0.25) is 0 Å². The SMILES string of the molecule is NCC(CN(CCO)CC(F)(F)F)C(F)(F)F. The van der Waals surface area contributed by atoms with E-state index in [0.29, 0.717) is 4.90 Å². The van der Waals surface area contributed by atoms with Crippen molar-refractivity contribution in [1.82, 2.24) is 4.90 Å². The first-order chi connectivity index (χ1) is 7.60. The predicted molar refractivity (Wildman–Crippen MR) is 48.2 cm³/mol. The van der Waals surface area contributed by atoms with E-state index in [9.17, 15) is 26.3 Å². The lowest BCUT2D eigenvalue weighted by Crippen LogP contribution is -2.45. The van der Waals surface area contributed by atoms with E-state index in [1.807, 2.05) is 0 Å². The monoisotopic (exact) mass is 268 g/mol. The van der Waals surface area contributed by atoms with Gasteiger partial charge in [-0.2, -0.15) is 26.3 Å². The zero-order chi connectivity index (χ0) is 13.7. The van der Waals surface area contributed by atoms with Gasteiger partial charge < -0.3 is 10.8 Å². The van der Waals surface area contributed by atoms with Gasteiger partial charge in [0.2, 0.25) is 0 Å². The second-order valence-corrected chi connectivity index (χ2v) is 3.55. The molecule has 3 nitrogen and oxygen atoms in total. The fourth-order valence-corrected chi connectivity index (χ4v) is 1.25. The molecule has 0 rings (SSSR count). The molecular weight excluding hydrogens is 254 g/mol. The molecule has 1 atom stereocenters. The Hall–Kier alpha value is -0.540. The van der Waals surface area contributed by atoms with Gasteiger partial charge in [0.1, 0.15) is 0 Å². The van der Waals surface area contributed by atoms with Crippen LogP contribution in [0, 0.1) is 5.92 Å². The lowest BCUT2D eigenvalue weighted by molar-refractivity contribution is -0.187. The fraction of sp³-hybridized carbons (Fsp3) is 1.00. The summed E-state index contributed by atoms with van der Waals surface area (Å²) in [6.07, 6.45) is -9.26. The van der Waals surface area contributed by atoms with Crippen LogP contribution in [0.5, 0.6) is 0 Å². The van der Waals surface area contributed by atoms with E-state index in [2.05, 4.69) is 0 Å². The van der Waals surface area contributed by atoms with Crippen molar-refractivity contribution in [3.05, 3.63) is 0 Å². The molecule has 0 radical (unpaired) electrons. The molecule has 0 aromatic rings. The number of aliphatic hydroxyl groups is 1. The maximum atomic E-state index is 12.3. The summed E-state index contributed by atoms with van der Waals surface area (Å²) >= 11 is 0. The highest BCUT2D eigenvalue weighted by molar-refractivity contribution is 4.74. The van der Waals surface area contributed by atoms with Crippen LogP contribution in [0.25, 0.3) is 0 Å². The van der Waals surface area contributed by atoms with Crippen molar-refractivity contribution in [1.29, 1.82) is 0 Å². The summed E-state index contributed by atoms with van der Waals surface area (Å²) in [5.41, 5.74) is 4.88. The summed E-state index contributed by atoms with van der Waals surface area (Å²) in [6, 6.07) is 0. The summed E-state index contributed by atoms with van der Waals surface area (Å²) in [6.45, 7) is -4.29. The molecule has 17 heavy (non-hydrogen) atoms. The quantitative estimate of drug-likeness (QED) is 0.706. The lowest BCUT2D eigenvalue weighted by atomic mass is 10.1.